The van der Waals surface area contributed by atoms with E-state index in [1.54, 1.807) is 12.1 Å². The van der Waals surface area contributed by atoms with Gasteiger partial charge in [0, 0.05) is 36.6 Å². The molecule has 0 unspecified atom stereocenters. The summed E-state index contributed by atoms with van der Waals surface area (Å²) in [7, 11) is -3.70. The number of carbonyl (C=O) groups is 1. The maximum atomic E-state index is 12.6. The van der Waals surface area contributed by atoms with Gasteiger partial charge in [-0.05, 0) is 67.8 Å². The van der Waals surface area contributed by atoms with Crippen molar-refractivity contribution in [3.63, 3.8) is 0 Å². The summed E-state index contributed by atoms with van der Waals surface area (Å²) in [4.78, 5) is 14.3. The molecule has 1 heterocycles. The van der Waals surface area contributed by atoms with Gasteiger partial charge in [0.05, 0.1) is 4.90 Å². The number of carbonyl (C=O) groups excluding carboxylic acids is 1. The van der Waals surface area contributed by atoms with Gasteiger partial charge < -0.3 is 10.2 Å². The van der Waals surface area contributed by atoms with Crippen molar-refractivity contribution in [2.75, 3.05) is 29.3 Å². The predicted octanol–water partition coefficient (Wildman–Crippen LogP) is 3.23. The van der Waals surface area contributed by atoms with Crippen LogP contribution in [0, 0.1) is 0 Å². The van der Waals surface area contributed by atoms with Crippen molar-refractivity contribution >= 4 is 27.3 Å². The molecule has 1 fully saturated rings. The lowest BCUT2D eigenvalue weighted by atomic mass is 10.2. The molecule has 6 nitrogen and oxygen atoms in total. The van der Waals surface area contributed by atoms with Crippen LogP contribution in [0.2, 0.25) is 0 Å². The van der Waals surface area contributed by atoms with Gasteiger partial charge in [0.1, 0.15) is 0 Å². The van der Waals surface area contributed by atoms with Crippen molar-refractivity contribution in [3.8, 4) is 0 Å². The van der Waals surface area contributed by atoms with E-state index < -0.39 is 10.0 Å². The fourth-order valence-electron chi connectivity index (χ4n) is 3.06. The molecule has 0 bridgehead atoms. The smallest absolute Gasteiger partial charge is 0.261 e. The molecule has 2 aromatic carbocycles. The lowest BCUT2D eigenvalue weighted by Crippen LogP contribution is -2.24. The monoisotopic (exact) mass is 387 g/mol. The van der Waals surface area contributed by atoms with Crippen LogP contribution in [0.4, 0.5) is 11.4 Å². The number of rotatable bonds is 7. The fraction of sp³-hybridized carbons (Fsp3) is 0.350. The Labute approximate surface area is 160 Å². The molecule has 0 spiro atoms. The first kappa shape index (κ1) is 19.2. The molecule has 2 N–H and O–H groups in total. The van der Waals surface area contributed by atoms with E-state index in [9.17, 15) is 13.2 Å². The molecular formula is C20H25N3O3S. The van der Waals surface area contributed by atoms with Crippen molar-refractivity contribution in [1.29, 1.82) is 0 Å². The van der Waals surface area contributed by atoms with Crippen LogP contribution in [-0.2, 0) is 10.0 Å². The van der Waals surface area contributed by atoms with Gasteiger partial charge in [-0.2, -0.15) is 0 Å². The molecule has 0 aromatic heterocycles. The Kier molecular flexibility index (Phi) is 6.01. The van der Waals surface area contributed by atoms with E-state index in [1.807, 2.05) is 19.1 Å². The first-order chi connectivity index (χ1) is 13.0. The fourth-order valence-corrected chi connectivity index (χ4v) is 4.11. The van der Waals surface area contributed by atoms with E-state index in [-0.39, 0.29) is 10.8 Å². The SMILES string of the molecule is CCCNC(=O)c1ccc(S(=O)(=O)Nc2ccc(N3CCCC3)cc2)cc1. The normalized spacial score (nSPS) is 14.2. The summed E-state index contributed by atoms with van der Waals surface area (Å²) in [5.74, 6) is -0.203. The highest BCUT2D eigenvalue weighted by Gasteiger charge is 2.16. The van der Waals surface area contributed by atoms with Crippen LogP contribution < -0.4 is 14.9 Å². The summed E-state index contributed by atoms with van der Waals surface area (Å²) in [6.07, 6.45) is 3.24. The number of nitrogens with zero attached hydrogens (tertiary/aromatic N) is 1. The van der Waals surface area contributed by atoms with Gasteiger partial charge in [-0.25, -0.2) is 8.42 Å². The minimum Gasteiger partial charge on any atom is -0.372 e. The number of anilines is 2. The average molecular weight is 388 g/mol. The molecule has 2 aromatic rings. The van der Waals surface area contributed by atoms with Gasteiger partial charge in [0.25, 0.3) is 15.9 Å². The molecule has 1 aliphatic heterocycles. The average Bonchev–Trinajstić information content (AvgIpc) is 3.21. The van der Waals surface area contributed by atoms with Gasteiger partial charge in [0.2, 0.25) is 0 Å². The summed E-state index contributed by atoms with van der Waals surface area (Å²) < 4.78 is 27.7. The van der Waals surface area contributed by atoms with Crippen LogP contribution in [0.3, 0.4) is 0 Å². The first-order valence-corrected chi connectivity index (χ1v) is 10.7. The summed E-state index contributed by atoms with van der Waals surface area (Å²) in [5, 5.41) is 2.77. The Balaban J connectivity index is 1.68. The van der Waals surface area contributed by atoms with Crippen LogP contribution >= 0.6 is 0 Å². The van der Waals surface area contributed by atoms with Gasteiger partial charge in [0.15, 0.2) is 0 Å². The quantitative estimate of drug-likeness (QED) is 0.765. The van der Waals surface area contributed by atoms with Crippen LogP contribution in [0.5, 0.6) is 0 Å². The second kappa shape index (κ2) is 8.43. The van der Waals surface area contributed by atoms with E-state index in [1.165, 1.54) is 37.1 Å². The zero-order chi connectivity index (χ0) is 19.3. The lowest BCUT2D eigenvalue weighted by Gasteiger charge is -2.18. The Bertz CT molecular complexity index is 872. The molecule has 1 saturated heterocycles. The van der Waals surface area contributed by atoms with Gasteiger partial charge in [-0.1, -0.05) is 6.92 Å². The van der Waals surface area contributed by atoms with Crippen molar-refractivity contribution in [3.05, 3.63) is 54.1 Å². The summed E-state index contributed by atoms with van der Waals surface area (Å²) in [6.45, 7) is 4.65. The molecule has 1 amide bonds. The highest BCUT2D eigenvalue weighted by atomic mass is 32.2. The Morgan fingerprint density at radius 2 is 1.63 bits per heavy atom. The van der Waals surface area contributed by atoms with Crippen LogP contribution in [0.25, 0.3) is 0 Å². The van der Waals surface area contributed by atoms with E-state index in [2.05, 4.69) is 14.9 Å². The molecule has 144 valence electrons. The minimum atomic E-state index is -3.70. The Hall–Kier alpha value is -2.54. The topological polar surface area (TPSA) is 78.5 Å². The molecule has 7 heteroatoms. The summed E-state index contributed by atoms with van der Waals surface area (Å²) in [6, 6.07) is 13.4. The number of benzene rings is 2. The number of hydrogen-bond acceptors (Lipinski definition) is 4. The minimum absolute atomic E-state index is 0.123. The Morgan fingerprint density at radius 1 is 1.00 bits per heavy atom. The second-order valence-electron chi connectivity index (χ2n) is 6.63. The first-order valence-electron chi connectivity index (χ1n) is 9.26. The lowest BCUT2D eigenvalue weighted by molar-refractivity contribution is 0.0953. The molecule has 0 aliphatic carbocycles. The molecule has 0 saturated carbocycles. The zero-order valence-corrected chi connectivity index (χ0v) is 16.3. The molecule has 0 atom stereocenters. The third-order valence-corrected chi connectivity index (χ3v) is 5.95. The van der Waals surface area contributed by atoms with E-state index >= 15 is 0 Å². The highest BCUT2D eigenvalue weighted by molar-refractivity contribution is 7.92. The largest absolute Gasteiger partial charge is 0.372 e. The third-order valence-electron chi connectivity index (χ3n) is 4.55. The van der Waals surface area contributed by atoms with Crippen molar-refractivity contribution in [2.24, 2.45) is 0 Å². The maximum absolute atomic E-state index is 12.6. The van der Waals surface area contributed by atoms with E-state index in [0.717, 1.165) is 25.2 Å². The summed E-state index contributed by atoms with van der Waals surface area (Å²) >= 11 is 0. The second-order valence-corrected chi connectivity index (χ2v) is 8.31. The van der Waals surface area contributed by atoms with E-state index in [4.69, 9.17) is 0 Å². The molecule has 1 aliphatic rings. The van der Waals surface area contributed by atoms with Crippen LogP contribution in [0.1, 0.15) is 36.5 Å². The molecule has 3 rings (SSSR count). The molecule has 0 radical (unpaired) electrons. The van der Waals surface area contributed by atoms with Crippen LogP contribution in [0.15, 0.2) is 53.4 Å². The van der Waals surface area contributed by atoms with E-state index in [0.29, 0.717) is 17.8 Å². The van der Waals surface area contributed by atoms with Crippen molar-refractivity contribution < 1.29 is 13.2 Å². The van der Waals surface area contributed by atoms with Crippen molar-refractivity contribution in [1.82, 2.24) is 5.32 Å². The van der Waals surface area contributed by atoms with Crippen molar-refractivity contribution in [2.45, 2.75) is 31.1 Å². The van der Waals surface area contributed by atoms with Gasteiger partial charge >= 0.3 is 0 Å². The number of amides is 1. The summed E-state index contributed by atoms with van der Waals surface area (Å²) in [5.41, 5.74) is 2.07. The Morgan fingerprint density at radius 3 is 2.22 bits per heavy atom. The third kappa shape index (κ3) is 4.80. The number of hydrogen-bond donors (Lipinski definition) is 2. The maximum Gasteiger partial charge on any atom is 0.261 e. The zero-order valence-electron chi connectivity index (χ0n) is 15.4. The number of sulfonamides is 1. The molecular weight excluding hydrogens is 362 g/mol. The molecule has 27 heavy (non-hydrogen) atoms. The van der Waals surface area contributed by atoms with Gasteiger partial charge in [-0.15, -0.1) is 0 Å². The standard InChI is InChI=1S/C20H25N3O3S/c1-2-13-21-20(24)16-5-11-19(12-6-16)27(25,26)22-17-7-9-18(10-8-17)23-14-3-4-15-23/h5-12,22H,2-4,13-15H2,1H3,(H,21,24). The highest BCUT2D eigenvalue weighted by Crippen LogP contribution is 2.23. The number of nitrogens with one attached hydrogen (secondary N) is 2. The van der Waals surface area contributed by atoms with Crippen LogP contribution in [-0.4, -0.2) is 34.0 Å². The predicted molar refractivity (Wildman–Crippen MR) is 108 cm³/mol. The van der Waals surface area contributed by atoms with Gasteiger partial charge in [-0.3, -0.25) is 9.52 Å².